The van der Waals surface area contributed by atoms with Crippen molar-refractivity contribution >= 4 is 66.4 Å². The first-order valence-electron chi connectivity index (χ1n) is 9.26. The molecule has 4 rings (SSSR count). The van der Waals surface area contributed by atoms with E-state index in [1.807, 2.05) is 62.4 Å². The Kier molecular flexibility index (Phi) is 5.94. The second kappa shape index (κ2) is 8.63. The van der Waals surface area contributed by atoms with Crippen LogP contribution in [0.5, 0.6) is 0 Å². The first kappa shape index (κ1) is 20.7. The third kappa shape index (κ3) is 4.43. The third-order valence-electron chi connectivity index (χ3n) is 4.75. The van der Waals surface area contributed by atoms with Gasteiger partial charge in [0, 0.05) is 15.6 Å². The molecule has 0 saturated carbocycles. The molecule has 0 fully saturated rings. The van der Waals surface area contributed by atoms with Crippen LogP contribution in [-0.2, 0) is 0 Å². The molecule has 0 spiro atoms. The topological polar surface area (TPSA) is 54.0 Å². The van der Waals surface area contributed by atoms with Gasteiger partial charge in [-0.3, -0.25) is 10.1 Å². The number of carbonyl (C=O) groups is 1. The van der Waals surface area contributed by atoms with E-state index in [0.717, 1.165) is 42.1 Å². The van der Waals surface area contributed by atoms with Crippen LogP contribution in [-0.4, -0.2) is 16.0 Å². The molecular weight excluding hydrogens is 478 g/mol. The number of para-hydroxylation sites is 1. The summed E-state index contributed by atoms with van der Waals surface area (Å²) in [7, 11) is 0. The van der Waals surface area contributed by atoms with E-state index in [4.69, 9.17) is 17.2 Å². The normalized spacial score (nSPS) is 10.8. The molecule has 0 saturated heterocycles. The van der Waals surface area contributed by atoms with Gasteiger partial charge in [-0.25, -0.2) is 4.98 Å². The number of thiocarbonyl (C=S) groups is 1. The summed E-state index contributed by atoms with van der Waals surface area (Å²) in [6.45, 7) is 4.00. The van der Waals surface area contributed by atoms with Crippen molar-refractivity contribution in [2.45, 2.75) is 13.8 Å². The summed E-state index contributed by atoms with van der Waals surface area (Å²) in [5.74, 6) is -0.241. The minimum atomic E-state index is -0.241. The summed E-state index contributed by atoms with van der Waals surface area (Å²) >= 11 is 10.6. The Balaban J connectivity index is 1.57. The fourth-order valence-electron chi connectivity index (χ4n) is 3.00. The van der Waals surface area contributed by atoms with Gasteiger partial charge in [0.2, 0.25) is 0 Å². The standard InChI is InChI=1S/C23H18BrN3OS2/c1-13-7-8-15(11-14(13)2)21(28)27-23(29)26-18-10-9-16(24)12-17(18)22-25-19-5-3-4-6-20(19)30-22/h3-12H,1-2H3,(H2,26,27,28,29). The van der Waals surface area contributed by atoms with Crippen molar-refractivity contribution in [3.8, 4) is 10.6 Å². The molecule has 0 aliphatic heterocycles. The average molecular weight is 496 g/mol. The number of thiazole rings is 1. The van der Waals surface area contributed by atoms with E-state index in [0.29, 0.717) is 5.56 Å². The molecule has 0 aliphatic rings. The summed E-state index contributed by atoms with van der Waals surface area (Å²) < 4.78 is 2.05. The first-order valence-corrected chi connectivity index (χ1v) is 11.3. The van der Waals surface area contributed by atoms with Crippen molar-refractivity contribution < 1.29 is 4.79 Å². The third-order valence-corrected chi connectivity index (χ3v) is 6.52. The lowest BCUT2D eigenvalue weighted by Gasteiger charge is -2.13. The van der Waals surface area contributed by atoms with Crippen LogP contribution in [0.3, 0.4) is 0 Å². The van der Waals surface area contributed by atoms with Gasteiger partial charge >= 0.3 is 0 Å². The molecule has 0 bridgehead atoms. The van der Waals surface area contributed by atoms with Crippen molar-refractivity contribution in [2.24, 2.45) is 0 Å². The maximum atomic E-state index is 12.6. The van der Waals surface area contributed by atoms with Crippen molar-refractivity contribution in [1.29, 1.82) is 0 Å². The number of benzene rings is 3. The number of hydrogen-bond donors (Lipinski definition) is 2. The molecule has 0 aliphatic carbocycles. The Hall–Kier alpha value is -2.61. The highest BCUT2D eigenvalue weighted by molar-refractivity contribution is 9.10. The number of hydrogen-bond acceptors (Lipinski definition) is 4. The quantitative estimate of drug-likeness (QED) is 0.319. The zero-order valence-corrected chi connectivity index (χ0v) is 19.5. The highest BCUT2D eigenvalue weighted by atomic mass is 79.9. The van der Waals surface area contributed by atoms with Crippen LogP contribution in [0.15, 0.2) is 65.1 Å². The maximum Gasteiger partial charge on any atom is 0.257 e. The second-order valence-corrected chi connectivity index (χ2v) is 9.24. The van der Waals surface area contributed by atoms with Crippen LogP contribution in [0.4, 0.5) is 5.69 Å². The number of fused-ring (bicyclic) bond motifs is 1. The smallest absolute Gasteiger partial charge is 0.257 e. The number of aromatic nitrogens is 1. The van der Waals surface area contributed by atoms with E-state index in [1.165, 1.54) is 0 Å². The number of carbonyl (C=O) groups excluding carboxylic acids is 1. The molecule has 4 aromatic rings. The van der Waals surface area contributed by atoms with Gasteiger partial charge < -0.3 is 5.32 Å². The zero-order chi connectivity index (χ0) is 21.3. The summed E-state index contributed by atoms with van der Waals surface area (Å²) in [4.78, 5) is 17.3. The van der Waals surface area contributed by atoms with Crippen LogP contribution in [0.1, 0.15) is 21.5 Å². The molecule has 7 heteroatoms. The van der Waals surface area contributed by atoms with Crippen LogP contribution in [0, 0.1) is 13.8 Å². The molecule has 1 aromatic heterocycles. The molecule has 2 N–H and O–H groups in total. The Morgan fingerprint density at radius 3 is 2.60 bits per heavy atom. The number of nitrogens with one attached hydrogen (secondary N) is 2. The number of nitrogens with zero attached hydrogens (tertiary/aromatic N) is 1. The fourth-order valence-corrected chi connectivity index (χ4v) is 4.56. The fraction of sp³-hybridized carbons (Fsp3) is 0.0870. The number of anilines is 1. The van der Waals surface area contributed by atoms with Gasteiger partial charge in [0.1, 0.15) is 5.01 Å². The Labute approximate surface area is 192 Å². The van der Waals surface area contributed by atoms with E-state index >= 15 is 0 Å². The molecule has 4 nitrogen and oxygen atoms in total. The van der Waals surface area contributed by atoms with E-state index in [2.05, 4.69) is 32.6 Å². The zero-order valence-electron chi connectivity index (χ0n) is 16.3. The number of rotatable bonds is 3. The number of aryl methyl sites for hydroxylation is 2. The summed E-state index contributed by atoms with van der Waals surface area (Å²) in [5.41, 5.74) is 5.42. The highest BCUT2D eigenvalue weighted by Gasteiger charge is 2.14. The van der Waals surface area contributed by atoms with Gasteiger partial charge in [-0.2, -0.15) is 0 Å². The molecule has 0 radical (unpaired) electrons. The number of halogens is 1. The van der Waals surface area contributed by atoms with Crippen molar-refractivity contribution in [1.82, 2.24) is 10.3 Å². The van der Waals surface area contributed by atoms with Crippen molar-refractivity contribution in [3.05, 3.63) is 81.8 Å². The van der Waals surface area contributed by atoms with E-state index < -0.39 is 0 Å². The average Bonchev–Trinajstić information content (AvgIpc) is 3.15. The van der Waals surface area contributed by atoms with Gasteiger partial charge in [-0.15, -0.1) is 11.3 Å². The SMILES string of the molecule is Cc1ccc(C(=O)NC(=S)Nc2ccc(Br)cc2-c2nc3ccccc3s2)cc1C. The number of amides is 1. The summed E-state index contributed by atoms with van der Waals surface area (Å²) in [6.07, 6.45) is 0. The van der Waals surface area contributed by atoms with E-state index in [1.54, 1.807) is 17.4 Å². The lowest BCUT2D eigenvalue weighted by Crippen LogP contribution is -2.34. The molecule has 0 atom stereocenters. The van der Waals surface area contributed by atoms with Gasteiger partial charge in [-0.05, 0) is 79.7 Å². The van der Waals surface area contributed by atoms with Gasteiger partial charge in [-0.1, -0.05) is 34.1 Å². The van der Waals surface area contributed by atoms with Gasteiger partial charge in [0.05, 0.1) is 15.9 Å². The minimum Gasteiger partial charge on any atom is -0.332 e. The molecule has 150 valence electrons. The second-order valence-electron chi connectivity index (χ2n) is 6.88. The van der Waals surface area contributed by atoms with Crippen LogP contribution < -0.4 is 10.6 Å². The molecule has 30 heavy (non-hydrogen) atoms. The summed E-state index contributed by atoms with van der Waals surface area (Å²) in [6, 6.07) is 19.4. The molecule has 1 amide bonds. The summed E-state index contributed by atoms with van der Waals surface area (Å²) in [5, 5.41) is 7.03. The van der Waals surface area contributed by atoms with Crippen LogP contribution >= 0.6 is 39.5 Å². The predicted molar refractivity (Wildman–Crippen MR) is 132 cm³/mol. The van der Waals surface area contributed by atoms with Gasteiger partial charge in [0.25, 0.3) is 5.91 Å². The monoisotopic (exact) mass is 495 g/mol. The Bertz CT molecular complexity index is 1250. The lowest BCUT2D eigenvalue weighted by atomic mass is 10.1. The van der Waals surface area contributed by atoms with E-state index in [9.17, 15) is 4.79 Å². The van der Waals surface area contributed by atoms with Gasteiger partial charge in [0.15, 0.2) is 5.11 Å². The minimum absolute atomic E-state index is 0.239. The van der Waals surface area contributed by atoms with E-state index in [-0.39, 0.29) is 11.0 Å². The molecule has 3 aromatic carbocycles. The predicted octanol–water partition coefficient (Wildman–Crippen LogP) is 6.47. The molecular formula is C23H18BrN3OS2. The highest BCUT2D eigenvalue weighted by Crippen LogP contribution is 2.36. The van der Waals surface area contributed by atoms with Crippen molar-refractivity contribution in [3.63, 3.8) is 0 Å². The van der Waals surface area contributed by atoms with Crippen LogP contribution in [0.25, 0.3) is 20.8 Å². The maximum absolute atomic E-state index is 12.6. The van der Waals surface area contributed by atoms with Crippen LogP contribution in [0.2, 0.25) is 0 Å². The molecule has 0 unspecified atom stereocenters. The van der Waals surface area contributed by atoms with Crippen molar-refractivity contribution in [2.75, 3.05) is 5.32 Å². The lowest BCUT2D eigenvalue weighted by molar-refractivity contribution is 0.0977. The Morgan fingerprint density at radius 1 is 1.03 bits per heavy atom. The largest absolute Gasteiger partial charge is 0.332 e. The first-order chi connectivity index (χ1) is 14.4. The molecule has 1 heterocycles. The Morgan fingerprint density at radius 2 is 1.83 bits per heavy atom.